The Hall–Kier alpha value is -3.75. The van der Waals surface area contributed by atoms with Gasteiger partial charge in [-0.05, 0) is 37.1 Å². The molecule has 1 N–H and O–H groups in total. The van der Waals surface area contributed by atoms with Crippen molar-refractivity contribution in [2.24, 2.45) is 0 Å². The summed E-state index contributed by atoms with van der Waals surface area (Å²) in [5, 5.41) is 3.33. The van der Waals surface area contributed by atoms with Crippen LogP contribution in [0.4, 0.5) is 0 Å². The van der Waals surface area contributed by atoms with Gasteiger partial charge in [-0.15, -0.1) is 0 Å². The van der Waals surface area contributed by atoms with Crippen LogP contribution in [0.5, 0.6) is 23.0 Å². The number of amides is 1. The molecule has 33 heavy (non-hydrogen) atoms. The molecule has 1 heterocycles. The van der Waals surface area contributed by atoms with Gasteiger partial charge in [0.15, 0.2) is 23.0 Å². The van der Waals surface area contributed by atoms with Crippen LogP contribution >= 0.6 is 0 Å². The minimum atomic E-state index is -0.192. The van der Waals surface area contributed by atoms with Crippen LogP contribution in [0.1, 0.15) is 25.3 Å². The van der Waals surface area contributed by atoms with E-state index in [1.165, 1.54) is 25.1 Å². The molecule has 0 aliphatic rings. The zero-order chi connectivity index (χ0) is 23.8. The van der Waals surface area contributed by atoms with Gasteiger partial charge in [-0.3, -0.25) is 14.2 Å². The highest BCUT2D eigenvalue weighted by Gasteiger charge is 2.12. The van der Waals surface area contributed by atoms with Crippen molar-refractivity contribution in [3.8, 4) is 23.0 Å². The fourth-order valence-corrected chi connectivity index (χ4v) is 3.44. The van der Waals surface area contributed by atoms with Crippen LogP contribution in [-0.4, -0.2) is 43.4 Å². The molecular weight excluding hydrogens is 426 g/mol. The first-order chi connectivity index (χ1) is 16.0. The number of fused-ring (bicyclic) bond motifs is 1. The molecule has 2 aromatic carbocycles. The Kier molecular flexibility index (Phi) is 8.12. The summed E-state index contributed by atoms with van der Waals surface area (Å²) in [5.74, 6) is 2.17. The summed E-state index contributed by atoms with van der Waals surface area (Å²) >= 11 is 0. The predicted octanol–water partition coefficient (Wildman–Crippen LogP) is 2.92. The lowest BCUT2D eigenvalue weighted by molar-refractivity contribution is -0.121. The number of hydrogen-bond acceptors (Lipinski definition) is 7. The smallest absolute Gasteiger partial charge is 0.261 e. The van der Waals surface area contributed by atoms with E-state index in [4.69, 9.17) is 18.9 Å². The fourth-order valence-electron chi connectivity index (χ4n) is 3.44. The summed E-state index contributed by atoms with van der Waals surface area (Å²) < 4.78 is 22.9. The number of nitrogens with one attached hydrogen (secondary N) is 1. The third-order valence-electron chi connectivity index (χ3n) is 5.15. The number of benzene rings is 2. The molecule has 1 amide bonds. The van der Waals surface area contributed by atoms with Crippen molar-refractivity contribution in [1.29, 1.82) is 0 Å². The van der Waals surface area contributed by atoms with Crippen molar-refractivity contribution in [1.82, 2.24) is 14.9 Å². The third kappa shape index (κ3) is 5.74. The van der Waals surface area contributed by atoms with Crippen molar-refractivity contribution in [3.05, 3.63) is 52.6 Å². The highest BCUT2D eigenvalue weighted by atomic mass is 16.5. The lowest BCUT2D eigenvalue weighted by atomic mass is 10.2. The van der Waals surface area contributed by atoms with E-state index >= 15 is 0 Å². The first kappa shape index (κ1) is 23.9. The van der Waals surface area contributed by atoms with E-state index < -0.39 is 0 Å². The van der Waals surface area contributed by atoms with Gasteiger partial charge in [-0.1, -0.05) is 6.07 Å². The van der Waals surface area contributed by atoms with E-state index in [0.29, 0.717) is 60.0 Å². The van der Waals surface area contributed by atoms with Crippen LogP contribution in [-0.2, 0) is 17.9 Å². The topological polar surface area (TPSA) is 101 Å². The number of carbonyl (C=O) groups is 1. The Morgan fingerprint density at radius 1 is 1.00 bits per heavy atom. The van der Waals surface area contributed by atoms with E-state index in [9.17, 15) is 9.59 Å². The third-order valence-corrected chi connectivity index (χ3v) is 5.15. The van der Waals surface area contributed by atoms with Gasteiger partial charge in [-0.2, -0.15) is 0 Å². The van der Waals surface area contributed by atoms with Crippen LogP contribution in [0, 0.1) is 0 Å². The lowest BCUT2D eigenvalue weighted by Gasteiger charge is -2.12. The van der Waals surface area contributed by atoms with Gasteiger partial charge in [0, 0.05) is 25.6 Å². The van der Waals surface area contributed by atoms with Gasteiger partial charge in [0.2, 0.25) is 5.91 Å². The molecule has 0 radical (unpaired) electrons. The van der Waals surface area contributed by atoms with Gasteiger partial charge < -0.3 is 24.3 Å². The highest BCUT2D eigenvalue weighted by Crippen LogP contribution is 2.30. The molecule has 0 aliphatic heterocycles. The van der Waals surface area contributed by atoms with Gasteiger partial charge >= 0.3 is 0 Å². The molecule has 0 bridgehead atoms. The van der Waals surface area contributed by atoms with Crippen LogP contribution < -0.4 is 29.8 Å². The largest absolute Gasteiger partial charge is 0.493 e. The SMILES string of the molecule is CCOc1ccc(CNC(=O)CCCn2cnc3cc(OC)c(OC)cc3c2=O)cc1OC. The number of nitrogens with zero attached hydrogens (tertiary/aromatic N) is 2. The normalized spacial score (nSPS) is 10.7. The predicted molar refractivity (Wildman–Crippen MR) is 124 cm³/mol. The van der Waals surface area contributed by atoms with Gasteiger partial charge in [-0.25, -0.2) is 4.98 Å². The zero-order valence-electron chi connectivity index (χ0n) is 19.3. The first-order valence-electron chi connectivity index (χ1n) is 10.7. The van der Waals surface area contributed by atoms with Gasteiger partial charge in [0.1, 0.15) is 0 Å². The van der Waals surface area contributed by atoms with Crippen molar-refractivity contribution >= 4 is 16.8 Å². The summed E-state index contributed by atoms with van der Waals surface area (Å²) in [6.45, 7) is 3.20. The molecular formula is C24H29N3O6. The molecule has 0 fully saturated rings. The van der Waals surface area contributed by atoms with Gasteiger partial charge in [0.25, 0.3) is 5.56 Å². The lowest BCUT2D eigenvalue weighted by Crippen LogP contribution is -2.24. The molecule has 0 aliphatic carbocycles. The molecule has 3 aromatic rings. The molecule has 0 spiro atoms. The first-order valence-corrected chi connectivity index (χ1v) is 10.7. The molecule has 0 saturated heterocycles. The summed E-state index contributed by atoms with van der Waals surface area (Å²) in [7, 11) is 4.62. The van der Waals surface area contributed by atoms with E-state index in [2.05, 4.69) is 10.3 Å². The minimum absolute atomic E-state index is 0.101. The molecule has 0 unspecified atom stereocenters. The van der Waals surface area contributed by atoms with Crippen molar-refractivity contribution in [2.75, 3.05) is 27.9 Å². The van der Waals surface area contributed by atoms with Crippen LogP contribution in [0.3, 0.4) is 0 Å². The van der Waals surface area contributed by atoms with Crippen molar-refractivity contribution in [3.63, 3.8) is 0 Å². The van der Waals surface area contributed by atoms with Crippen molar-refractivity contribution < 1.29 is 23.7 Å². The minimum Gasteiger partial charge on any atom is -0.493 e. The summed E-state index contributed by atoms with van der Waals surface area (Å²) in [4.78, 5) is 29.4. The van der Waals surface area contributed by atoms with Crippen LogP contribution in [0.25, 0.3) is 10.9 Å². The monoisotopic (exact) mass is 455 g/mol. The van der Waals surface area contributed by atoms with E-state index in [1.807, 2.05) is 25.1 Å². The molecule has 9 heteroatoms. The molecule has 0 saturated carbocycles. The average Bonchev–Trinajstić information content (AvgIpc) is 2.84. The summed E-state index contributed by atoms with van der Waals surface area (Å²) in [5.41, 5.74) is 1.24. The van der Waals surface area contributed by atoms with Crippen LogP contribution in [0.2, 0.25) is 0 Å². The summed E-state index contributed by atoms with van der Waals surface area (Å²) in [6.07, 6.45) is 2.27. The zero-order valence-corrected chi connectivity index (χ0v) is 19.3. The average molecular weight is 456 g/mol. The Labute approximate surface area is 192 Å². The molecule has 1 aromatic heterocycles. The molecule has 176 valence electrons. The Bertz CT molecular complexity index is 1170. The Morgan fingerprint density at radius 3 is 2.39 bits per heavy atom. The maximum Gasteiger partial charge on any atom is 0.261 e. The van der Waals surface area contributed by atoms with E-state index in [1.54, 1.807) is 19.2 Å². The molecule has 9 nitrogen and oxygen atoms in total. The number of carbonyl (C=O) groups excluding carboxylic acids is 1. The van der Waals surface area contributed by atoms with Crippen molar-refractivity contribution in [2.45, 2.75) is 32.9 Å². The second-order valence-electron chi connectivity index (χ2n) is 7.27. The van der Waals surface area contributed by atoms with E-state index in [0.717, 1.165) is 5.56 Å². The number of ether oxygens (including phenoxy) is 4. The summed E-state index contributed by atoms with van der Waals surface area (Å²) in [6, 6.07) is 8.85. The maximum atomic E-state index is 12.8. The fraction of sp³-hybridized carbons (Fsp3) is 0.375. The maximum absolute atomic E-state index is 12.8. The number of methoxy groups -OCH3 is 3. The van der Waals surface area contributed by atoms with E-state index in [-0.39, 0.29) is 17.9 Å². The highest BCUT2D eigenvalue weighted by molar-refractivity contribution is 5.81. The Morgan fingerprint density at radius 2 is 1.70 bits per heavy atom. The standard InChI is InChI=1S/C24H29N3O6/c1-5-33-19-9-8-16(11-20(19)30-2)14-25-23(28)7-6-10-27-15-26-18-13-22(32-4)21(31-3)12-17(18)24(27)29/h8-9,11-13,15H,5-7,10,14H2,1-4H3,(H,25,28). The van der Waals surface area contributed by atoms with Gasteiger partial charge in [0.05, 0.1) is 45.2 Å². The second-order valence-corrected chi connectivity index (χ2v) is 7.27. The quantitative estimate of drug-likeness (QED) is 0.474. The molecule has 0 atom stereocenters. The number of aromatic nitrogens is 2. The Balaban J connectivity index is 1.57. The number of aryl methyl sites for hydroxylation is 1. The molecule has 3 rings (SSSR count). The second kappa shape index (κ2) is 11.2. The number of hydrogen-bond donors (Lipinski definition) is 1. The number of rotatable bonds is 11. The van der Waals surface area contributed by atoms with Crippen LogP contribution in [0.15, 0.2) is 41.5 Å².